The van der Waals surface area contributed by atoms with Crippen molar-refractivity contribution in [1.82, 2.24) is 15.1 Å². The molecule has 3 aliphatic heterocycles. The Kier molecular flexibility index (Phi) is 5.28. The van der Waals surface area contributed by atoms with Crippen LogP contribution >= 0.6 is 0 Å². The van der Waals surface area contributed by atoms with Gasteiger partial charge in [-0.15, -0.1) is 0 Å². The molecule has 0 fully saturated rings. The molecule has 0 saturated heterocycles. The van der Waals surface area contributed by atoms with Crippen molar-refractivity contribution in [2.24, 2.45) is 15.9 Å². The molecule has 2 atom stereocenters. The van der Waals surface area contributed by atoms with Crippen LogP contribution in [-0.4, -0.2) is 45.7 Å². The number of dihydropyridines is 1. The fourth-order valence-corrected chi connectivity index (χ4v) is 4.87. The SMILES string of the molecule is O=C(NC1=CC2C(C(F)(F)F)=NC=CC2N=C1)c1cnn(-c2ccc3c4c(cccc24)C(=O)N3)c1C(F)(F)F. The quantitative estimate of drug-likeness (QED) is 0.463. The first-order chi connectivity index (χ1) is 18.4. The molecule has 2 N–H and O–H groups in total. The van der Waals surface area contributed by atoms with E-state index in [0.717, 1.165) is 24.7 Å². The molecular formula is C25H14F6N6O2. The number of aliphatic imine (C=N–C) groups is 2. The molecule has 2 unspecified atom stereocenters. The van der Waals surface area contributed by atoms with E-state index in [2.05, 4.69) is 25.7 Å². The van der Waals surface area contributed by atoms with Crippen LogP contribution in [0.5, 0.6) is 0 Å². The average Bonchev–Trinajstić information content (AvgIpc) is 3.46. The van der Waals surface area contributed by atoms with Crippen LogP contribution in [0.2, 0.25) is 0 Å². The molecule has 39 heavy (non-hydrogen) atoms. The molecule has 2 amide bonds. The Morgan fingerprint density at radius 1 is 1.05 bits per heavy atom. The molecule has 14 heteroatoms. The first kappa shape index (κ1) is 24.6. The molecule has 3 aromatic rings. The number of anilines is 1. The van der Waals surface area contributed by atoms with Crippen LogP contribution in [0.25, 0.3) is 16.5 Å². The number of nitrogens with one attached hydrogen (secondary N) is 2. The molecule has 0 radical (unpaired) electrons. The molecular weight excluding hydrogens is 530 g/mol. The Bertz CT molecular complexity index is 1700. The lowest BCUT2D eigenvalue weighted by atomic mass is 9.89. The van der Waals surface area contributed by atoms with Gasteiger partial charge in [0.2, 0.25) is 0 Å². The summed E-state index contributed by atoms with van der Waals surface area (Å²) in [5, 5.41) is 9.38. The minimum atomic E-state index is -5.05. The molecule has 1 aromatic heterocycles. The number of benzene rings is 2. The topological polar surface area (TPSA) is 101 Å². The van der Waals surface area contributed by atoms with Gasteiger partial charge in [0, 0.05) is 34.4 Å². The van der Waals surface area contributed by atoms with E-state index in [1.54, 1.807) is 0 Å². The van der Waals surface area contributed by atoms with Crippen molar-refractivity contribution in [2.45, 2.75) is 18.4 Å². The molecule has 0 saturated carbocycles. The summed E-state index contributed by atoms with van der Waals surface area (Å²) in [7, 11) is 0. The molecule has 2 aromatic carbocycles. The van der Waals surface area contributed by atoms with Crippen molar-refractivity contribution in [2.75, 3.05) is 5.32 Å². The summed E-state index contributed by atoms with van der Waals surface area (Å²) >= 11 is 0. The summed E-state index contributed by atoms with van der Waals surface area (Å²) in [5.74, 6) is -3.00. The normalized spacial score (nSPS) is 20.0. The number of allylic oxidation sites excluding steroid dienone is 1. The highest BCUT2D eigenvalue weighted by molar-refractivity contribution is 6.25. The third-order valence-corrected chi connectivity index (χ3v) is 6.49. The van der Waals surface area contributed by atoms with Crippen molar-refractivity contribution in [1.29, 1.82) is 0 Å². The zero-order valence-electron chi connectivity index (χ0n) is 19.3. The van der Waals surface area contributed by atoms with E-state index in [9.17, 15) is 35.9 Å². The Hall–Kier alpha value is -4.75. The zero-order valence-corrected chi connectivity index (χ0v) is 19.3. The highest BCUT2D eigenvalue weighted by Gasteiger charge is 2.45. The maximum absolute atomic E-state index is 14.3. The van der Waals surface area contributed by atoms with Gasteiger partial charge in [-0.1, -0.05) is 12.1 Å². The lowest BCUT2D eigenvalue weighted by molar-refractivity contribution is -0.143. The molecule has 3 aliphatic rings. The first-order valence-electron chi connectivity index (χ1n) is 11.3. The van der Waals surface area contributed by atoms with Gasteiger partial charge in [-0.25, -0.2) is 4.68 Å². The number of amides is 2. The number of halogens is 6. The van der Waals surface area contributed by atoms with E-state index < -0.39 is 53.1 Å². The minimum Gasteiger partial charge on any atom is -0.321 e. The van der Waals surface area contributed by atoms with E-state index in [4.69, 9.17) is 0 Å². The highest BCUT2D eigenvalue weighted by atomic mass is 19.4. The van der Waals surface area contributed by atoms with Crippen molar-refractivity contribution in [3.63, 3.8) is 0 Å². The van der Waals surface area contributed by atoms with Crippen LogP contribution in [0.4, 0.5) is 32.0 Å². The number of fused-ring (bicyclic) bond motifs is 1. The van der Waals surface area contributed by atoms with Crippen LogP contribution in [0, 0.1) is 5.92 Å². The summed E-state index contributed by atoms with van der Waals surface area (Å²) in [6, 6.07) is 6.43. The van der Waals surface area contributed by atoms with Gasteiger partial charge in [0.1, 0.15) is 5.71 Å². The fraction of sp³-hybridized carbons (Fsp3) is 0.160. The molecule has 8 nitrogen and oxygen atoms in total. The van der Waals surface area contributed by atoms with E-state index in [1.165, 1.54) is 36.4 Å². The standard InChI is InChI=1S/C25H14F6N6O2/c26-24(27,28)20-14-8-11(9-33-16(14)6-7-32-20)35-23(39)15-10-34-37(21(15)25(29,30)31)18-5-4-17-19-12(18)2-1-3-13(19)22(38)36-17/h1-10,14,16H,(H,35,39)(H,36,38). The lowest BCUT2D eigenvalue weighted by Crippen LogP contribution is -2.40. The molecule has 6 rings (SSSR count). The summed E-state index contributed by atoms with van der Waals surface area (Å²) in [5.41, 5.74) is -2.93. The molecule has 0 bridgehead atoms. The van der Waals surface area contributed by atoms with Gasteiger partial charge in [0.25, 0.3) is 11.8 Å². The van der Waals surface area contributed by atoms with Crippen LogP contribution in [0.3, 0.4) is 0 Å². The summed E-state index contributed by atoms with van der Waals surface area (Å²) in [6.45, 7) is 0. The molecule has 4 heterocycles. The maximum Gasteiger partial charge on any atom is 0.434 e. The number of hydrogen-bond acceptors (Lipinski definition) is 5. The van der Waals surface area contributed by atoms with Crippen molar-refractivity contribution in [3.8, 4) is 5.69 Å². The molecule has 0 aliphatic carbocycles. The predicted molar refractivity (Wildman–Crippen MR) is 128 cm³/mol. The van der Waals surface area contributed by atoms with Gasteiger partial charge >= 0.3 is 12.4 Å². The molecule has 198 valence electrons. The predicted octanol–water partition coefficient (Wildman–Crippen LogP) is 4.82. The lowest BCUT2D eigenvalue weighted by Gasteiger charge is -2.27. The monoisotopic (exact) mass is 544 g/mol. The van der Waals surface area contributed by atoms with Gasteiger partial charge in [-0.05, 0) is 30.4 Å². The van der Waals surface area contributed by atoms with E-state index >= 15 is 0 Å². The third kappa shape index (κ3) is 3.99. The second kappa shape index (κ2) is 8.38. The van der Waals surface area contributed by atoms with Gasteiger partial charge in [0.15, 0.2) is 5.69 Å². The first-order valence-corrected chi connectivity index (χ1v) is 11.3. The minimum absolute atomic E-state index is 0.0280. The number of rotatable bonds is 3. The smallest absolute Gasteiger partial charge is 0.321 e. The number of hydrogen-bond donors (Lipinski definition) is 2. The Morgan fingerprint density at radius 3 is 2.59 bits per heavy atom. The number of carbonyl (C=O) groups excluding carboxylic acids is 2. The van der Waals surface area contributed by atoms with Crippen molar-refractivity contribution < 1.29 is 35.9 Å². The van der Waals surface area contributed by atoms with Gasteiger partial charge < -0.3 is 10.6 Å². The second-order valence-electron chi connectivity index (χ2n) is 8.86. The summed E-state index contributed by atoms with van der Waals surface area (Å²) < 4.78 is 83.7. The largest absolute Gasteiger partial charge is 0.434 e. The Morgan fingerprint density at radius 2 is 1.85 bits per heavy atom. The van der Waals surface area contributed by atoms with Crippen LogP contribution < -0.4 is 10.6 Å². The van der Waals surface area contributed by atoms with E-state index in [1.807, 2.05) is 0 Å². The van der Waals surface area contributed by atoms with Crippen LogP contribution in [0.15, 0.2) is 70.6 Å². The second-order valence-corrected chi connectivity index (χ2v) is 8.86. The maximum atomic E-state index is 14.3. The number of carbonyl (C=O) groups is 2. The fourth-order valence-electron chi connectivity index (χ4n) is 4.87. The van der Waals surface area contributed by atoms with E-state index in [-0.39, 0.29) is 16.9 Å². The molecule has 0 spiro atoms. The average molecular weight is 544 g/mol. The number of alkyl halides is 6. The summed E-state index contributed by atoms with van der Waals surface area (Å²) in [4.78, 5) is 32.6. The number of nitrogens with zero attached hydrogens (tertiary/aromatic N) is 4. The zero-order chi connectivity index (χ0) is 27.7. The van der Waals surface area contributed by atoms with Crippen LogP contribution in [0.1, 0.15) is 26.4 Å². The van der Waals surface area contributed by atoms with E-state index in [0.29, 0.717) is 21.1 Å². The number of aromatic nitrogens is 2. The van der Waals surface area contributed by atoms with Crippen LogP contribution in [-0.2, 0) is 6.18 Å². The van der Waals surface area contributed by atoms with Crippen molar-refractivity contribution in [3.05, 3.63) is 77.4 Å². The van der Waals surface area contributed by atoms with Gasteiger partial charge in [-0.2, -0.15) is 31.4 Å². The highest BCUT2D eigenvalue weighted by Crippen LogP contribution is 2.40. The third-order valence-electron chi connectivity index (χ3n) is 6.49. The van der Waals surface area contributed by atoms with Gasteiger partial charge in [0.05, 0.1) is 35.1 Å². The Labute approximate surface area is 214 Å². The van der Waals surface area contributed by atoms with Crippen molar-refractivity contribution >= 4 is 40.2 Å². The van der Waals surface area contributed by atoms with Gasteiger partial charge in [-0.3, -0.25) is 19.6 Å². The summed E-state index contributed by atoms with van der Waals surface area (Å²) in [6.07, 6.45) is -4.64. The Balaban J connectivity index is 1.38.